The number of nitrogens with zero attached hydrogens (tertiary/aromatic N) is 3. The van der Waals surface area contributed by atoms with E-state index in [0.29, 0.717) is 24.5 Å². The fraction of sp³-hybridized carbons (Fsp3) is 0.438. The second-order valence-corrected chi connectivity index (χ2v) is 10.1. The molecular weight excluding hydrogens is 392 g/mol. The van der Waals surface area contributed by atoms with Crippen LogP contribution in [0, 0.1) is 12.8 Å². The quantitative estimate of drug-likeness (QED) is 0.599. The standard InChI is InChI=1S/C16H20N4O3S3/c1-11-5-7-13(8-6-11)26(22,23)20-9-3-4-12(10-20)14(21)17-15-18-19-16(24-2)25-15/h5-8,12H,3-4,9-10H2,1-2H3,(H,17,18,21)/t12-/m0/s1. The van der Waals surface area contributed by atoms with E-state index in [2.05, 4.69) is 15.5 Å². The van der Waals surface area contributed by atoms with E-state index in [9.17, 15) is 13.2 Å². The molecule has 1 aromatic carbocycles. The smallest absolute Gasteiger partial charge is 0.243 e. The first-order valence-electron chi connectivity index (χ1n) is 8.15. The SMILES string of the molecule is CSc1nnc(NC(=O)[C@H]2CCCN(S(=O)(=O)c3ccc(C)cc3)C2)s1. The van der Waals surface area contributed by atoms with Gasteiger partial charge in [0.05, 0.1) is 10.8 Å². The molecule has 3 rings (SSSR count). The van der Waals surface area contributed by atoms with Crippen molar-refractivity contribution in [3.8, 4) is 0 Å². The Morgan fingerprint density at radius 1 is 1.31 bits per heavy atom. The first-order valence-corrected chi connectivity index (χ1v) is 11.6. The van der Waals surface area contributed by atoms with Crippen molar-refractivity contribution in [2.45, 2.75) is 29.0 Å². The van der Waals surface area contributed by atoms with E-state index in [-0.39, 0.29) is 17.3 Å². The van der Waals surface area contributed by atoms with Gasteiger partial charge in [0.2, 0.25) is 21.1 Å². The van der Waals surface area contributed by atoms with Crippen molar-refractivity contribution in [3.63, 3.8) is 0 Å². The third kappa shape index (κ3) is 4.25. The third-order valence-corrected chi connectivity index (χ3v) is 7.92. The van der Waals surface area contributed by atoms with Crippen LogP contribution in [0.25, 0.3) is 0 Å². The van der Waals surface area contributed by atoms with E-state index in [0.717, 1.165) is 9.90 Å². The van der Waals surface area contributed by atoms with Crippen LogP contribution in [0.3, 0.4) is 0 Å². The second kappa shape index (κ2) is 8.03. The normalized spacial score (nSPS) is 18.6. The molecule has 0 spiro atoms. The summed E-state index contributed by atoms with van der Waals surface area (Å²) < 4.78 is 27.8. The highest BCUT2D eigenvalue weighted by atomic mass is 32.2. The summed E-state index contributed by atoms with van der Waals surface area (Å²) in [4.78, 5) is 12.8. The van der Waals surface area contributed by atoms with Gasteiger partial charge in [-0.2, -0.15) is 4.31 Å². The lowest BCUT2D eigenvalue weighted by Crippen LogP contribution is -2.43. The number of aryl methyl sites for hydroxylation is 1. The Balaban J connectivity index is 1.70. The molecule has 1 saturated heterocycles. The van der Waals surface area contributed by atoms with Crippen molar-refractivity contribution < 1.29 is 13.2 Å². The maximum absolute atomic E-state index is 12.8. The number of thioether (sulfide) groups is 1. The van der Waals surface area contributed by atoms with Crippen LogP contribution in [-0.4, -0.2) is 48.2 Å². The monoisotopic (exact) mass is 412 g/mol. The van der Waals surface area contributed by atoms with Gasteiger partial charge in [-0.15, -0.1) is 10.2 Å². The maximum Gasteiger partial charge on any atom is 0.243 e. The molecule has 1 aliphatic rings. The number of piperidine rings is 1. The summed E-state index contributed by atoms with van der Waals surface area (Å²) in [5.74, 6) is -0.608. The van der Waals surface area contributed by atoms with Gasteiger partial charge in [0.15, 0.2) is 4.34 Å². The van der Waals surface area contributed by atoms with Crippen molar-refractivity contribution in [2.75, 3.05) is 24.7 Å². The third-order valence-electron chi connectivity index (χ3n) is 4.22. The van der Waals surface area contributed by atoms with Crippen molar-refractivity contribution in [1.82, 2.24) is 14.5 Å². The first kappa shape index (κ1) is 19.3. The topological polar surface area (TPSA) is 92.3 Å². The molecule has 1 N–H and O–H groups in total. The zero-order valence-corrected chi connectivity index (χ0v) is 17.0. The zero-order valence-electron chi connectivity index (χ0n) is 14.5. The summed E-state index contributed by atoms with van der Waals surface area (Å²) in [6.45, 7) is 2.51. The van der Waals surface area contributed by atoms with Crippen LogP contribution in [0.15, 0.2) is 33.5 Å². The van der Waals surface area contributed by atoms with E-state index >= 15 is 0 Å². The minimum Gasteiger partial charge on any atom is -0.300 e. The summed E-state index contributed by atoms with van der Waals surface area (Å²) >= 11 is 2.77. The molecule has 2 heterocycles. The predicted octanol–water partition coefficient (Wildman–Crippen LogP) is 2.61. The Morgan fingerprint density at radius 2 is 2.04 bits per heavy atom. The Kier molecular flexibility index (Phi) is 5.96. The van der Waals surface area contributed by atoms with Gasteiger partial charge >= 0.3 is 0 Å². The van der Waals surface area contributed by atoms with Crippen molar-refractivity contribution in [3.05, 3.63) is 29.8 Å². The number of benzene rings is 1. The molecule has 1 amide bonds. The molecule has 2 aromatic rings. The summed E-state index contributed by atoms with van der Waals surface area (Å²) in [6.07, 6.45) is 3.19. The lowest BCUT2D eigenvalue weighted by molar-refractivity contribution is -0.120. The molecule has 1 fully saturated rings. The number of carbonyl (C=O) groups is 1. The summed E-state index contributed by atoms with van der Waals surface area (Å²) in [5.41, 5.74) is 1.00. The number of anilines is 1. The lowest BCUT2D eigenvalue weighted by atomic mass is 9.99. The molecule has 140 valence electrons. The van der Waals surface area contributed by atoms with E-state index in [1.54, 1.807) is 24.3 Å². The molecule has 26 heavy (non-hydrogen) atoms. The van der Waals surface area contributed by atoms with Gasteiger partial charge in [0.1, 0.15) is 0 Å². The molecule has 0 saturated carbocycles. The molecule has 10 heteroatoms. The van der Waals surface area contributed by atoms with Crippen LogP contribution in [0.4, 0.5) is 5.13 Å². The van der Waals surface area contributed by atoms with Gasteiger partial charge in [-0.1, -0.05) is 40.8 Å². The maximum atomic E-state index is 12.8. The molecule has 0 bridgehead atoms. The number of aromatic nitrogens is 2. The Bertz CT molecular complexity index is 880. The number of hydrogen-bond acceptors (Lipinski definition) is 7. The molecule has 0 radical (unpaired) electrons. The van der Waals surface area contributed by atoms with Crippen molar-refractivity contribution >= 4 is 44.2 Å². The Hall–Kier alpha value is -1.49. The van der Waals surface area contributed by atoms with Crippen LogP contribution in [0.1, 0.15) is 18.4 Å². The van der Waals surface area contributed by atoms with Gasteiger partial charge in [-0.05, 0) is 38.2 Å². The van der Waals surface area contributed by atoms with Crippen LogP contribution in [-0.2, 0) is 14.8 Å². The Morgan fingerprint density at radius 3 is 2.69 bits per heavy atom. The molecular formula is C16H20N4O3S3. The van der Waals surface area contributed by atoms with Gasteiger partial charge < -0.3 is 5.32 Å². The summed E-state index contributed by atoms with van der Waals surface area (Å²) in [5, 5.41) is 11.1. The number of amides is 1. The van der Waals surface area contributed by atoms with Gasteiger partial charge in [-0.3, -0.25) is 4.79 Å². The summed E-state index contributed by atoms with van der Waals surface area (Å²) in [6, 6.07) is 6.78. The minimum atomic E-state index is -3.59. The highest BCUT2D eigenvalue weighted by Crippen LogP contribution is 2.27. The molecule has 1 aromatic heterocycles. The number of sulfonamides is 1. The highest BCUT2D eigenvalue weighted by molar-refractivity contribution is 8.00. The van der Waals surface area contributed by atoms with Crippen LogP contribution in [0.5, 0.6) is 0 Å². The Labute approximate surface area is 161 Å². The zero-order chi connectivity index (χ0) is 18.7. The molecule has 1 atom stereocenters. The minimum absolute atomic E-state index is 0.177. The van der Waals surface area contributed by atoms with Crippen molar-refractivity contribution in [2.24, 2.45) is 5.92 Å². The average Bonchev–Trinajstić information content (AvgIpc) is 3.10. The molecule has 0 aliphatic carbocycles. The van der Waals surface area contributed by atoms with Crippen LogP contribution < -0.4 is 5.32 Å². The number of nitrogens with one attached hydrogen (secondary N) is 1. The van der Waals surface area contributed by atoms with E-state index in [4.69, 9.17) is 0 Å². The molecule has 0 unspecified atom stereocenters. The first-order chi connectivity index (χ1) is 12.4. The fourth-order valence-electron chi connectivity index (χ4n) is 2.78. The lowest BCUT2D eigenvalue weighted by Gasteiger charge is -2.31. The predicted molar refractivity (Wildman–Crippen MR) is 103 cm³/mol. The van der Waals surface area contributed by atoms with Crippen LogP contribution >= 0.6 is 23.1 Å². The second-order valence-electron chi connectivity index (χ2n) is 6.08. The van der Waals surface area contributed by atoms with E-state index in [1.165, 1.54) is 27.4 Å². The average molecular weight is 413 g/mol. The van der Waals surface area contributed by atoms with Crippen LogP contribution in [0.2, 0.25) is 0 Å². The summed E-state index contributed by atoms with van der Waals surface area (Å²) in [7, 11) is -3.59. The fourth-order valence-corrected chi connectivity index (χ4v) is 5.48. The largest absolute Gasteiger partial charge is 0.300 e. The van der Waals surface area contributed by atoms with E-state index < -0.39 is 15.9 Å². The van der Waals surface area contributed by atoms with Gasteiger partial charge in [-0.25, -0.2) is 8.42 Å². The number of hydrogen-bond donors (Lipinski definition) is 1. The van der Waals surface area contributed by atoms with Gasteiger partial charge in [0, 0.05) is 13.1 Å². The van der Waals surface area contributed by atoms with Crippen molar-refractivity contribution in [1.29, 1.82) is 0 Å². The number of rotatable bonds is 5. The molecule has 7 nitrogen and oxygen atoms in total. The highest BCUT2D eigenvalue weighted by Gasteiger charge is 2.33. The molecule has 1 aliphatic heterocycles. The van der Waals surface area contributed by atoms with Gasteiger partial charge in [0.25, 0.3) is 0 Å². The number of carbonyl (C=O) groups excluding carboxylic acids is 1. The van der Waals surface area contributed by atoms with E-state index in [1.807, 2.05) is 13.2 Å².